The third kappa shape index (κ3) is 11.9. The monoisotopic (exact) mass is 465 g/mol. The second-order valence-electron chi connectivity index (χ2n) is 7.92. The maximum Gasteiger partial charge on any atom is 0.221 e. The van der Waals surface area contributed by atoms with Gasteiger partial charge in [0, 0.05) is 23.9 Å². The fourth-order valence-electron chi connectivity index (χ4n) is 2.83. The smallest absolute Gasteiger partial charge is 0.221 e. The highest BCUT2D eigenvalue weighted by atomic mass is 16.5. The first-order chi connectivity index (χ1) is 16.2. The van der Waals surface area contributed by atoms with E-state index in [1.54, 1.807) is 25.3 Å². The molecular formula is C28H39N3O3. The van der Waals surface area contributed by atoms with Crippen molar-refractivity contribution in [2.24, 2.45) is 16.8 Å². The van der Waals surface area contributed by atoms with E-state index in [2.05, 4.69) is 50.3 Å². The van der Waals surface area contributed by atoms with Crippen molar-refractivity contribution in [3.05, 3.63) is 84.2 Å². The maximum absolute atomic E-state index is 10.7. The Morgan fingerprint density at radius 2 is 1.88 bits per heavy atom. The first-order valence-corrected chi connectivity index (χ1v) is 11.3. The quantitative estimate of drug-likeness (QED) is 0.0952. The molecule has 0 aromatic heterocycles. The van der Waals surface area contributed by atoms with Gasteiger partial charge in [0.05, 0.1) is 19.8 Å². The van der Waals surface area contributed by atoms with Crippen LogP contribution in [-0.2, 0) is 14.3 Å². The third-order valence-electron chi connectivity index (χ3n) is 5.12. The second kappa shape index (κ2) is 17.9. The van der Waals surface area contributed by atoms with Crippen LogP contribution in [0, 0.1) is 23.2 Å². The van der Waals surface area contributed by atoms with Crippen LogP contribution in [-0.4, -0.2) is 25.8 Å². The van der Waals surface area contributed by atoms with Crippen LogP contribution in [0.1, 0.15) is 47.5 Å². The van der Waals surface area contributed by atoms with Crippen LogP contribution in [0.2, 0.25) is 0 Å². The van der Waals surface area contributed by atoms with E-state index in [9.17, 15) is 4.79 Å². The van der Waals surface area contributed by atoms with Crippen LogP contribution in [0.4, 0.5) is 0 Å². The Hall–Kier alpha value is -3.59. The molecule has 6 nitrogen and oxygen atoms in total. The number of rotatable bonds is 16. The minimum Gasteiger partial charge on any atom is -0.497 e. The zero-order valence-electron chi connectivity index (χ0n) is 21.4. The SMILES string of the molecule is C=CC(=C(\N=C(C)C)OCC(C)C(C)/C(C)=C/C=C(\C=C)OC)/C(/C=C\NC=O)=C/CCC#N. The van der Waals surface area contributed by atoms with Gasteiger partial charge in [-0.05, 0) is 62.8 Å². The van der Waals surface area contributed by atoms with Crippen molar-refractivity contribution < 1.29 is 14.3 Å². The minimum atomic E-state index is 0.200. The Kier molecular flexibility index (Phi) is 16.0. The van der Waals surface area contributed by atoms with E-state index < -0.39 is 0 Å². The van der Waals surface area contributed by atoms with Crippen LogP contribution < -0.4 is 5.32 Å². The number of methoxy groups -OCH3 is 1. The Morgan fingerprint density at radius 1 is 1.18 bits per heavy atom. The van der Waals surface area contributed by atoms with Crippen molar-refractivity contribution in [2.75, 3.05) is 13.7 Å². The fraction of sp³-hybridized carbons (Fsp3) is 0.393. The summed E-state index contributed by atoms with van der Waals surface area (Å²) in [6, 6.07) is 2.13. The second-order valence-corrected chi connectivity index (χ2v) is 7.92. The molecule has 0 radical (unpaired) electrons. The number of hydrogen-bond acceptors (Lipinski definition) is 5. The highest BCUT2D eigenvalue weighted by molar-refractivity contribution is 5.80. The summed E-state index contributed by atoms with van der Waals surface area (Å²) in [5.74, 6) is 1.60. The number of carbonyl (C=O) groups excluding carboxylic acids is 1. The molecule has 34 heavy (non-hydrogen) atoms. The summed E-state index contributed by atoms with van der Waals surface area (Å²) in [5.41, 5.74) is 3.48. The topological polar surface area (TPSA) is 83.7 Å². The molecule has 0 saturated carbocycles. The average molecular weight is 466 g/mol. The van der Waals surface area contributed by atoms with Gasteiger partial charge in [-0.15, -0.1) is 0 Å². The number of hydrogen-bond donors (Lipinski definition) is 1. The molecule has 1 N–H and O–H groups in total. The van der Waals surface area contributed by atoms with E-state index in [1.165, 1.54) is 11.8 Å². The molecule has 1 amide bonds. The first kappa shape index (κ1) is 30.4. The van der Waals surface area contributed by atoms with Gasteiger partial charge < -0.3 is 14.8 Å². The summed E-state index contributed by atoms with van der Waals surface area (Å²) in [4.78, 5) is 15.3. The Balaban J connectivity index is 5.97. The Bertz CT molecular complexity index is 908. The molecule has 2 unspecified atom stereocenters. The normalized spacial score (nSPS) is 14.9. The van der Waals surface area contributed by atoms with E-state index in [1.807, 2.05) is 32.1 Å². The lowest BCUT2D eigenvalue weighted by atomic mass is 9.90. The van der Waals surface area contributed by atoms with Gasteiger partial charge in [0.25, 0.3) is 0 Å². The van der Waals surface area contributed by atoms with Gasteiger partial charge in [-0.3, -0.25) is 4.79 Å². The van der Waals surface area contributed by atoms with E-state index in [0.717, 1.165) is 11.3 Å². The van der Waals surface area contributed by atoms with E-state index >= 15 is 0 Å². The molecule has 0 bridgehead atoms. The molecule has 0 aromatic carbocycles. The van der Waals surface area contributed by atoms with Crippen molar-refractivity contribution in [1.29, 1.82) is 5.26 Å². The molecule has 0 aromatic rings. The molecule has 0 aliphatic heterocycles. The van der Waals surface area contributed by atoms with Gasteiger partial charge in [0.2, 0.25) is 12.3 Å². The van der Waals surface area contributed by atoms with Gasteiger partial charge >= 0.3 is 0 Å². The molecule has 2 atom stereocenters. The standard InChI is InChI=1S/C28H39N3O3/c1-9-26(33-8)15-14-22(5)24(7)23(6)19-34-28(31-21(3)4)27(10-2)25(13-11-12-17-29)16-18-30-20-32/h9-10,13-16,18,20,23-24H,1-2,11-12,19H2,3-8H3,(H,30,32)/b18-16-,22-14+,25-13+,26-15+,28-27-. The predicted octanol–water partition coefficient (Wildman–Crippen LogP) is 6.31. The molecule has 0 heterocycles. The summed E-state index contributed by atoms with van der Waals surface area (Å²) in [6.07, 6.45) is 14.0. The number of carbonyl (C=O) groups is 1. The number of nitrogens with zero attached hydrogens (tertiary/aromatic N) is 2. The number of amides is 1. The summed E-state index contributed by atoms with van der Waals surface area (Å²) >= 11 is 0. The number of unbranched alkanes of at least 4 members (excludes halogenated alkanes) is 1. The zero-order valence-corrected chi connectivity index (χ0v) is 21.4. The zero-order chi connectivity index (χ0) is 25.9. The summed E-state index contributed by atoms with van der Waals surface area (Å²) in [7, 11) is 1.62. The van der Waals surface area contributed by atoms with Gasteiger partial charge in [-0.1, -0.05) is 50.8 Å². The van der Waals surface area contributed by atoms with Crippen molar-refractivity contribution >= 4 is 12.1 Å². The van der Waals surface area contributed by atoms with E-state index in [4.69, 9.17) is 14.7 Å². The lowest BCUT2D eigenvalue weighted by Gasteiger charge is -2.22. The maximum atomic E-state index is 10.7. The van der Waals surface area contributed by atoms with Crippen LogP contribution in [0.3, 0.4) is 0 Å². The Labute approximate surface area is 205 Å². The largest absolute Gasteiger partial charge is 0.497 e. The number of ether oxygens (including phenoxy) is 2. The summed E-state index contributed by atoms with van der Waals surface area (Å²) in [5, 5.41) is 11.4. The van der Waals surface area contributed by atoms with Gasteiger partial charge in [0.1, 0.15) is 5.76 Å². The van der Waals surface area contributed by atoms with Crippen molar-refractivity contribution in [2.45, 2.75) is 47.5 Å². The van der Waals surface area contributed by atoms with Crippen molar-refractivity contribution in [3.63, 3.8) is 0 Å². The van der Waals surface area contributed by atoms with Gasteiger partial charge in [-0.25, -0.2) is 4.99 Å². The molecule has 0 aliphatic rings. The fourth-order valence-corrected chi connectivity index (χ4v) is 2.83. The van der Waals surface area contributed by atoms with Gasteiger partial charge in [-0.2, -0.15) is 5.26 Å². The van der Waals surface area contributed by atoms with Gasteiger partial charge in [0.15, 0.2) is 0 Å². The molecule has 0 spiro atoms. The van der Waals surface area contributed by atoms with E-state index in [-0.39, 0.29) is 11.8 Å². The lowest BCUT2D eigenvalue weighted by Crippen LogP contribution is -2.16. The number of allylic oxidation sites excluding steroid dienone is 9. The van der Waals surface area contributed by atoms with Crippen LogP contribution in [0.25, 0.3) is 0 Å². The molecule has 184 valence electrons. The highest BCUT2D eigenvalue weighted by Crippen LogP contribution is 2.25. The molecule has 6 heteroatoms. The van der Waals surface area contributed by atoms with Crippen LogP contribution in [0.5, 0.6) is 0 Å². The molecule has 0 aliphatic carbocycles. The minimum absolute atomic E-state index is 0.200. The number of aliphatic imine (C=N–C) groups is 1. The summed E-state index contributed by atoms with van der Waals surface area (Å²) in [6.45, 7) is 18.3. The third-order valence-corrected chi connectivity index (χ3v) is 5.12. The van der Waals surface area contributed by atoms with Crippen LogP contribution >= 0.6 is 0 Å². The summed E-state index contributed by atoms with van der Waals surface area (Å²) < 4.78 is 11.4. The first-order valence-electron chi connectivity index (χ1n) is 11.3. The van der Waals surface area contributed by atoms with E-state index in [0.29, 0.717) is 43.1 Å². The number of nitriles is 1. The predicted molar refractivity (Wildman–Crippen MR) is 141 cm³/mol. The molecule has 0 rings (SSSR count). The van der Waals surface area contributed by atoms with Crippen LogP contribution in [0.15, 0.2) is 89.2 Å². The van der Waals surface area contributed by atoms with Crippen molar-refractivity contribution in [3.8, 4) is 6.07 Å². The molecular weight excluding hydrogens is 426 g/mol. The Morgan fingerprint density at radius 3 is 2.41 bits per heavy atom. The highest BCUT2D eigenvalue weighted by Gasteiger charge is 2.17. The van der Waals surface area contributed by atoms with Crippen molar-refractivity contribution in [1.82, 2.24) is 5.32 Å². The lowest BCUT2D eigenvalue weighted by molar-refractivity contribution is -0.108. The number of nitrogens with one attached hydrogen (secondary N) is 1. The molecule has 0 saturated heterocycles. The molecule has 0 fully saturated rings. The average Bonchev–Trinajstić information content (AvgIpc) is 2.82.